The molecule has 1 aromatic carbocycles. The van der Waals surface area contributed by atoms with E-state index in [4.69, 9.17) is 5.73 Å². The molecule has 86 valence electrons. The molecule has 0 saturated heterocycles. The van der Waals surface area contributed by atoms with Crippen molar-refractivity contribution in [1.82, 2.24) is 0 Å². The molecule has 1 nitrogen and oxygen atoms in total. The predicted molar refractivity (Wildman–Crippen MR) is 60.9 cm³/mol. The third-order valence-electron chi connectivity index (χ3n) is 2.23. The van der Waals surface area contributed by atoms with E-state index >= 15 is 0 Å². The van der Waals surface area contributed by atoms with Gasteiger partial charge in [0.25, 0.3) is 0 Å². The lowest BCUT2D eigenvalue weighted by atomic mass is 10.1. The molecule has 2 N–H and O–H groups in total. The predicted octanol–water partition coefficient (Wildman–Crippen LogP) is 2.75. The Morgan fingerprint density at radius 3 is 2.62 bits per heavy atom. The molecule has 0 radical (unpaired) electrons. The Kier molecular flexibility index (Phi) is 4.94. The lowest BCUT2D eigenvalue weighted by Crippen LogP contribution is -1.97. The van der Waals surface area contributed by atoms with Crippen LogP contribution in [0.5, 0.6) is 0 Å². The van der Waals surface area contributed by atoms with Crippen LogP contribution in [-0.4, -0.2) is 6.54 Å². The highest BCUT2D eigenvalue weighted by molar-refractivity contribution is 5.38. The molecule has 0 fully saturated rings. The van der Waals surface area contributed by atoms with Crippen LogP contribution in [0.15, 0.2) is 12.1 Å². The van der Waals surface area contributed by atoms with Gasteiger partial charge in [-0.3, -0.25) is 0 Å². The first-order valence-corrected chi connectivity index (χ1v) is 5.29. The Balaban J connectivity index is 2.69. The van der Waals surface area contributed by atoms with Gasteiger partial charge in [0.15, 0.2) is 0 Å². The van der Waals surface area contributed by atoms with Crippen molar-refractivity contribution < 1.29 is 8.78 Å². The number of rotatable bonds is 3. The average molecular weight is 223 g/mol. The Morgan fingerprint density at radius 1 is 1.19 bits per heavy atom. The molecule has 1 rings (SSSR count). The van der Waals surface area contributed by atoms with E-state index in [1.165, 1.54) is 6.07 Å². The summed E-state index contributed by atoms with van der Waals surface area (Å²) in [5.74, 6) is 4.43. The minimum atomic E-state index is -0.602. The van der Waals surface area contributed by atoms with Gasteiger partial charge in [0.2, 0.25) is 0 Å². The van der Waals surface area contributed by atoms with Crippen LogP contribution in [0.25, 0.3) is 0 Å². The van der Waals surface area contributed by atoms with Gasteiger partial charge in [-0.05, 0) is 37.9 Å². The van der Waals surface area contributed by atoms with E-state index in [1.54, 1.807) is 6.92 Å². The van der Waals surface area contributed by atoms with E-state index in [1.807, 2.05) is 0 Å². The normalized spacial score (nSPS) is 9.75. The maximum absolute atomic E-state index is 13.2. The van der Waals surface area contributed by atoms with Crippen molar-refractivity contribution in [3.05, 3.63) is 34.9 Å². The Hall–Kier alpha value is -1.40. The van der Waals surface area contributed by atoms with Gasteiger partial charge in [0.05, 0.1) is 5.56 Å². The summed E-state index contributed by atoms with van der Waals surface area (Å²) in [7, 11) is 0. The quantitative estimate of drug-likeness (QED) is 0.619. The summed E-state index contributed by atoms with van der Waals surface area (Å²) in [5.41, 5.74) is 6.00. The van der Waals surface area contributed by atoms with Gasteiger partial charge in [-0.1, -0.05) is 11.8 Å². The van der Waals surface area contributed by atoms with Crippen molar-refractivity contribution >= 4 is 0 Å². The summed E-state index contributed by atoms with van der Waals surface area (Å²) in [6.45, 7) is 2.24. The number of hydrogen-bond donors (Lipinski definition) is 1. The smallest absolute Gasteiger partial charge is 0.141 e. The summed E-state index contributed by atoms with van der Waals surface area (Å²) >= 11 is 0. The number of hydrogen-bond acceptors (Lipinski definition) is 1. The molecule has 0 unspecified atom stereocenters. The molecule has 0 aliphatic rings. The van der Waals surface area contributed by atoms with Crippen LogP contribution in [0.4, 0.5) is 8.78 Å². The van der Waals surface area contributed by atoms with Gasteiger partial charge in [0.1, 0.15) is 11.6 Å². The summed E-state index contributed by atoms with van der Waals surface area (Å²) in [6, 6.07) is 2.31. The second kappa shape index (κ2) is 6.24. The number of aryl methyl sites for hydroxylation is 1. The first-order chi connectivity index (χ1) is 7.65. The molecule has 0 saturated carbocycles. The van der Waals surface area contributed by atoms with Crippen LogP contribution < -0.4 is 5.73 Å². The van der Waals surface area contributed by atoms with Crippen LogP contribution in [-0.2, 0) is 0 Å². The van der Waals surface area contributed by atoms with Crippen LogP contribution in [0, 0.1) is 30.4 Å². The molecule has 0 spiro atoms. The number of nitrogens with two attached hydrogens (primary N) is 1. The average Bonchev–Trinajstić information content (AvgIpc) is 2.25. The third-order valence-corrected chi connectivity index (χ3v) is 2.23. The van der Waals surface area contributed by atoms with E-state index in [9.17, 15) is 8.78 Å². The molecular weight excluding hydrogens is 208 g/mol. The summed E-state index contributed by atoms with van der Waals surface area (Å²) < 4.78 is 26.2. The van der Waals surface area contributed by atoms with Crippen molar-refractivity contribution in [3.8, 4) is 11.8 Å². The Labute approximate surface area is 94.7 Å². The molecule has 0 aromatic heterocycles. The lowest BCUT2D eigenvalue weighted by Gasteiger charge is -1.98. The molecule has 0 heterocycles. The molecule has 0 aliphatic carbocycles. The molecule has 0 bridgehead atoms. The van der Waals surface area contributed by atoms with Gasteiger partial charge in [-0.2, -0.15) is 0 Å². The van der Waals surface area contributed by atoms with Crippen molar-refractivity contribution in [2.45, 2.75) is 26.2 Å². The maximum Gasteiger partial charge on any atom is 0.141 e. The molecule has 0 atom stereocenters. The van der Waals surface area contributed by atoms with Crippen molar-refractivity contribution in [2.75, 3.05) is 6.54 Å². The first-order valence-electron chi connectivity index (χ1n) is 5.29. The van der Waals surface area contributed by atoms with Crippen molar-refractivity contribution in [2.24, 2.45) is 5.73 Å². The topological polar surface area (TPSA) is 26.0 Å². The fraction of sp³-hybridized carbons (Fsp3) is 0.385. The fourth-order valence-electron chi connectivity index (χ4n) is 1.27. The zero-order valence-corrected chi connectivity index (χ0v) is 9.32. The van der Waals surface area contributed by atoms with Gasteiger partial charge >= 0.3 is 0 Å². The highest BCUT2D eigenvalue weighted by Gasteiger charge is 2.04. The Morgan fingerprint density at radius 2 is 1.94 bits per heavy atom. The molecule has 0 aliphatic heterocycles. The minimum Gasteiger partial charge on any atom is -0.330 e. The van der Waals surface area contributed by atoms with E-state index < -0.39 is 11.6 Å². The van der Waals surface area contributed by atoms with E-state index in [0.717, 1.165) is 18.9 Å². The van der Waals surface area contributed by atoms with E-state index in [-0.39, 0.29) is 5.56 Å². The van der Waals surface area contributed by atoms with Crippen LogP contribution in [0.3, 0.4) is 0 Å². The number of benzene rings is 1. The van der Waals surface area contributed by atoms with Crippen molar-refractivity contribution in [1.29, 1.82) is 0 Å². The van der Waals surface area contributed by atoms with Crippen LogP contribution in [0.1, 0.15) is 30.4 Å². The van der Waals surface area contributed by atoms with Gasteiger partial charge in [-0.25, -0.2) is 8.78 Å². The molecule has 16 heavy (non-hydrogen) atoms. The SMILES string of the molecule is Cc1cc(C#CCCCCN)c(F)cc1F. The number of unbranched alkanes of at least 4 members (excludes halogenated alkanes) is 2. The molecular formula is C13H15F2N. The third kappa shape index (κ3) is 3.63. The second-order valence-electron chi connectivity index (χ2n) is 3.63. The minimum absolute atomic E-state index is 0.256. The second-order valence-corrected chi connectivity index (χ2v) is 3.63. The van der Waals surface area contributed by atoms with Crippen LogP contribution in [0.2, 0.25) is 0 Å². The van der Waals surface area contributed by atoms with E-state index in [0.29, 0.717) is 18.5 Å². The van der Waals surface area contributed by atoms with Gasteiger partial charge < -0.3 is 5.73 Å². The highest BCUT2D eigenvalue weighted by atomic mass is 19.1. The Bertz CT molecular complexity index is 416. The first kappa shape index (κ1) is 12.7. The zero-order valence-electron chi connectivity index (χ0n) is 9.32. The molecule has 0 amide bonds. The van der Waals surface area contributed by atoms with Gasteiger partial charge in [0, 0.05) is 12.5 Å². The fourth-order valence-corrected chi connectivity index (χ4v) is 1.27. The monoisotopic (exact) mass is 223 g/mol. The summed E-state index contributed by atoms with van der Waals surface area (Å²) in [5, 5.41) is 0. The highest BCUT2D eigenvalue weighted by Crippen LogP contribution is 2.13. The molecule has 1 aromatic rings. The maximum atomic E-state index is 13.2. The lowest BCUT2D eigenvalue weighted by molar-refractivity contribution is 0.575. The summed E-state index contributed by atoms with van der Waals surface area (Å²) in [4.78, 5) is 0. The van der Waals surface area contributed by atoms with Gasteiger partial charge in [-0.15, -0.1) is 0 Å². The van der Waals surface area contributed by atoms with E-state index in [2.05, 4.69) is 11.8 Å². The van der Waals surface area contributed by atoms with Crippen molar-refractivity contribution in [3.63, 3.8) is 0 Å². The van der Waals surface area contributed by atoms with Crippen LogP contribution >= 0.6 is 0 Å². The number of halogens is 2. The standard InChI is InChI=1S/C13H15F2N/c1-10-8-11(13(15)9-12(10)14)6-4-2-3-5-7-16/h8-9H,2-3,5,7,16H2,1H3. The summed E-state index contributed by atoms with van der Waals surface area (Å²) in [6.07, 6.45) is 2.51. The zero-order chi connectivity index (χ0) is 12.0. The molecule has 3 heteroatoms. The largest absolute Gasteiger partial charge is 0.330 e.